The molecule has 0 bridgehead atoms. The third kappa shape index (κ3) is 3.52. The summed E-state index contributed by atoms with van der Waals surface area (Å²) < 4.78 is 5.74. The first kappa shape index (κ1) is 15.3. The fraction of sp³-hybridized carbons (Fsp3) is 0.0588. The number of rotatable bonds is 6. The zero-order valence-corrected chi connectivity index (χ0v) is 12.2. The van der Waals surface area contributed by atoms with Gasteiger partial charge in [0.2, 0.25) is 11.6 Å². The van der Waals surface area contributed by atoms with E-state index in [2.05, 4.69) is 6.58 Å². The number of hydrogen-bond donors (Lipinski definition) is 0. The number of benzene rings is 2. The highest BCUT2D eigenvalue weighted by atomic mass is 16.6. The van der Waals surface area contributed by atoms with Crippen molar-refractivity contribution in [1.29, 1.82) is 0 Å². The lowest BCUT2D eigenvalue weighted by molar-refractivity contribution is -0.385. The Bertz CT molecular complexity index is 696. The molecule has 2 rings (SSSR count). The molecule has 0 spiro atoms. The van der Waals surface area contributed by atoms with Gasteiger partial charge < -0.3 is 9.64 Å². The standard InChI is InChI=1S/C17H16N2O3/c1-3-9-17(18(2)14-10-5-4-6-11-14)22-16-13-8-7-12-15(16)19(20)21/h3-13H,1H2,2H3/b17-9+. The maximum Gasteiger partial charge on any atom is 0.311 e. The van der Waals surface area contributed by atoms with Crippen LogP contribution in [0.15, 0.2) is 79.2 Å². The first-order chi connectivity index (χ1) is 10.6. The predicted octanol–water partition coefficient (Wildman–Crippen LogP) is 4.14. The average Bonchev–Trinajstić information content (AvgIpc) is 2.55. The van der Waals surface area contributed by atoms with E-state index in [0.29, 0.717) is 5.88 Å². The van der Waals surface area contributed by atoms with Gasteiger partial charge >= 0.3 is 5.69 Å². The van der Waals surface area contributed by atoms with Crippen molar-refractivity contribution in [3.63, 3.8) is 0 Å². The average molecular weight is 296 g/mol. The van der Waals surface area contributed by atoms with E-state index in [0.717, 1.165) is 5.69 Å². The van der Waals surface area contributed by atoms with Gasteiger partial charge in [-0.25, -0.2) is 0 Å². The molecule has 0 radical (unpaired) electrons. The van der Waals surface area contributed by atoms with Crippen molar-refractivity contribution in [3.05, 3.63) is 89.3 Å². The Labute approximate surface area is 128 Å². The number of ether oxygens (including phenoxy) is 1. The molecule has 2 aromatic carbocycles. The zero-order chi connectivity index (χ0) is 15.9. The van der Waals surface area contributed by atoms with Crippen molar-refractivity contribution in [2.75, 3.05) is 11.9 Å². The van der Waals surface area contributed by atoms with Crippen LogP contribution in [0.2, 0.25) is 0 Å². The number of anilines is 1. The first-order valence-corrected chi connectivity index (χ1v) is 6.66. The van der Waals surface area contributed by atoms with Crippen LogP contribution in [-0.4, -0.2) is 12.0 Å². The number of hydrogen-bond acceptors (Lipinski definition) is 4. The minimum atomic E-state index is -0.469. The topological polar surface area (TPSA) is 55.6 Å². The molecule has 0 atom stereocenters. The molecule has 0 fully saturated rings. The van der Waals surface area contributed by atoms with E-state index in [9.17, 15) is 10.1 Å². The number of nitro benzene ring substituents is 1. The first-order valence-electron chi connectivity index (χ1n) is 6.66. The maximum atomic E-state index is 11.1. The molecule has 0 aromatic heterocycles. The summed E-state index contributed by atoms with van der Waals surface area (Å²) in [6, 6.07) is 15.8. The van der Waals surface area contributed by atoms with Gasteiger partial charge in [-0.05, 0) is 24.3 Å². The predicted molar refractivity (Wildman–Crippen MR) is 86.8 cm³/mol. The molecule has 5 heteroatoms. The SMILES string of the molecule is C=C/C=C(/Oc1ccccc1[N+](=O)[O-])N(C)c1ccccc1. The Morgan fingerprint density at radius 1 is 1.18 bits per heavy atom. The summed E-state index contributed by atoms with van der Waals surface area (Å²) in [7, 11) is 1.82. The highest BCUT2D eigenvalue weighted by Gasteiger charge is 2.17. The van der Waals surface area contributed by atoms with E-state index in [1.54, 1.807) is 35.3 Å². The van der Waals surface area contributed by atoms with Gasteiger partial charge in [-0.3, -0.25) is 10.1 Å². The van der Waals surface area contributed by atoms with Gasteiger partial charge in [0.05, 0.1) is 4.92 Å². The van der Waals surface area contributed by atoms with E-state index in [-0.39, 0.29) is 11.4 Å². The van der Waals surface area contributed by atoms with Crippen LogP contribution in [0.3, 0.4) is 0 Å². The Morgan fingerprint density at radius 3 is 2.45 bits per heavy atom. The highest BCUT2D eigenvalue weighted by Crippen LogP contribution is 2.29. The third-order valence-corrected chi connectivity index (χ3v) is 3.01. The maximum absolute atomic E-state index is 11.1. The minimum absolute atomic E-state index is 0.0843. The molecule has 5 nitrogen and oxygen atoms in total. The Kier molecular flexibility index (Phi) is 4.93. The molecular weight excluding hydrogens is 280 g/mol. The monoisotopic (exact) mass is 296 g/mol. The summed E-state index contributed by atoms with van der Waals surface area (Å²) >= 11 is 0. The summed E-state index contributed by atoms with van der Waals surface area (Å²) in [5.74, 6) is 0.624. The number of para-hydroxylation sites is 3. The molecule has 0 aliphatic rings. The second-order valence-electron chi connectivity index (χ2n) is 4.46. The largest absolute Gasteiger partial charge is 0.434 e. The van der Waals surface area contributed by atoms with Crippen LogP contribution in [0.5, 0.6) is 5.75 Å². The van der Waals surface area contributed by atoms with Gasteiger partial charge in [-0.2, -0.15) is 0 Å². The van der Waals surface area contributed by atoms with Gasteiger partial charge in [0, 0.05) is 18.8 Å². The molecule has 0 unspecified atom stereocenters. The van der Waals surface area contributed by atoms with Crippen LogP contribution >= 0.6 is 0 Å². The molecule has 0 saturated carbocycles. The summed E-state index contributed by atoms with van der Waals surface area (Å²) in [6.45, 7) is 3.66. The van der Waals surface area contributed by atoms with E-state index in [1.807, 2.05) is 37.4 Å². The smallest absolute Gasteiger partial charge is 0.311 e. The Balaban J connectivity index is 2.33. The van der Waals surface area contributed by atoms with Crippen molar-refractivity contribution in [2.45, 2.75) is 0 Å². The fourth-order valence-corrected chi connectivity index (χ4v) is 1.90. The highest BCUT2D eigenvalue weighted by molar-refractivity contribution is 5.52. The lowest BCUT2D eigenvalue weighted by Gasteiger charge is -2.22. The van der Waals surface area contributed by atoms with Crippen LogP contribution in [0, 0.1) is 10.1 Å². The van der Waals surface area contributed by atoms with Crippen molar-refractivity contribution >= 4 is 11.4 Å². The molecular formula is C17H16N2O3. The fourth-order valence-electron chi connectivity index (χ4n) is 1.90. The second kappa shape index (κ2) is 7.08. The van der Waals surface area contributed by atoms with Gasteiger partial charge in [0.1, 0.15) is 0 Å². The summed E-state index contributed by atoms with van der Waals surface area (Å²) in [5, 5.41) is 11.1. The number of nitrogens with zero attached hydrogens (tertiary/aromatic N) is 2. The molecule has 0 aliphatic heterocycles. The molecule has 2 aromatic rings. The van der Waals surface area contributed by atoms with Crippen LogP contribution in [-0.2, 0) is 0 Å². The van der Waals surface area contributed by atoms with Crippen LogP contribution in [0.25, 0.3) is 0 Å². The lowest BCUT2D eigenvalue weighted by Crippen LogP contribution is -2.20. The van der Waals surface area contributed by atoms with E-state index < -0.39 is 4.92 Å². The second-order valence-corrected chi connectivity index (χ2v) is 4.46. The van der Waals surface area contributed by atoms with E-state index in [4.69, 9.17) is 4.74 Å². The Hall–Kier alpha value is -3.08. The molecule has 0 aliphatic carbocycles. The van der Waals surface area contributed by atoms with E-state index >= 15 is 0 Å². The molecule has 22 heavy (non-hydrogen) atoms. The molecule has 112 valence electrons. The van der Waals surface area contributed by atoms with Crippen LogP contribution in [0.4, 0.5) is 11.4 Å². The molecule has 0 N–H and O–H groups in total. The summed E-state index contributed by atoms with van der Waals surface area (Å²) in [4.78, 5) is 12.4. The van der Waals surface area contributed by atoms with Crippen molar-refractivity contribution in [2.24, 2.45) is 0 Å². The molecule has 0 amide bonds. The lowest BCUT2D eigenvalue weighted by atomic mass is 10.3. The van der Waals surface area contributed by atoms with Gasteiger partial charge in [-0.1, -0.05) is 43.0 Å². The van der Waals surface area contributed by atoms with Crippen molar-refractivity contribution in [1.82, 2.24) is 0 Å². The third-order valence-electron chi connectivity index (χ3n) is 3.01. The van der Waals surface area contributed by atoms with Crippen molar-refractivity contribution in [3.8, 4) is 5.75 Å². The summed E-state index contributed by atoms with van der Waals surface area (Å²) in [6.07, 6.45) is 3.23. The number of allylic oxidation sites excluding steroid dienone is 2. The van der Waals surface area contributed by atoms with Crippen LogP contribution in [0.1, 0.15) is 0 Å². The van der Waals surface area contributed by atoms with Gasteiger partial charge in [-0.15, -0.1) is 0 Å². The van der Waals surface area contributed by atoms with Gasteiger partial charge in [0.25, 0.3) is 0 Å². The molecule has 0 saturated heterocycles. The quantitative estimate of drug-likeness (QED) is 0.348. The minimum Gasteiger partial charge on any atom is -0.434 e. The zero-order valence-electron chi connectivity index (χ0n) is 12.2. The summed E-state index contributed by atoms with van der Waals surface area (Å²) in [5.41, 5.74) is 0.813. The van der Waals surface area contributed by atoms with Crippen LogP contribution < -0.4 is 9.64 Å². The molecule has 0 heterocycles. The Morgan fingerprint density at radius 2 is 1.82 bits per heavy atom. The van der Waals surface area contributed by atoms with Gasteiger partial charge in [0.15, 0.2) is 0 Å². The van der Waals surface area contributed by atoms with Crippen molar-refractivity contribution < 1.29 is 9.66 Å². The normalized spacial score (nSPS) is 10.9. The van der Waals surface area contributed by atoms with E-state index in [1.165, 1.54) is 6.07 Å². The number of nitro groups is 1.